The fraction of sp³-hybridized carbons (Fsp3) is 0.438. The Hall–Kier alpha value is -2.15. The van der Waals surface area contributed by atoms with Crippen LogP contribution in [0.2, 0.25) is 0 Å². The van der Waals surface area contributed by atoms with Gasteiger partial charge >= 0.3 is 0 Å². The van der Waals surface area contributed by atoms with Gasteiger partial charge in [-0.1, -0.05) is 0 Å². The first-order chi connectivity index (χ1) is 11.1. The van der Waals surface area contributed by atoms with Crippen molar-refractivity contribution in [1.82, 2.24) is 14.7 Å². The lowest BCUT2D eigenvalue weighted by molar-refractivity contribution is -0.131. The minimum atomic E-state index is -0.230. The third kappa shape index (κ3) is 3.79. The van der Waals surface area contributed by atoms with E-state index in [-0.39, 0.29) is 18.0 Å². The summed E-state index contributed by atoms with van der Waals surface area (Å²) in [7, 11) is 1.74. The van der Waals surface area contributed by atoms with Gasteiger partial charge in [0.05, 0.1) is 11.9 Å². The molecule has 0 unspecified atom stereocenters. The lowest BCUT2D eigenvalue weighted by atomic mass is 10.3. The Morgan fingerprint density at radius 2 is 2.17 bits per heavy atom. The van der Waals surface area contributed by atoms with E-state index < -0.39 is 0 Å². The molecule has 1 aliphatic heterocycles. The fourth-order valence-corrected chi connectivity index (χ4v) is 3.34. The molecular formula is C16H20N4O2S. The maximum absolute atomic E-state index is 12.3. The molecule has 0 atom stereocenters. The number of rotatable bonds is 5. The van der Waals surface area contributed by atoms with E-state index in [4.69, 9.17) is 0 Å². The zero-order chi connectivity index (χ0) is 16.2. The molecule has 0 radical (unpaired) electrons. The van der Waals surface area contributed by atoms with Crippen LogP contribution in [-0.4, -0.2) is 40.7 Å². The summed E-state index contributed by atoms with van der Waals surface area (Å²) in [5.74, 6) is -0.125. The summed E-state index contributed by atoms with van der Waals surface area (Å²) in [5.41, 5.74) is 1.71. The van der Waals surface area contributed by atoms with Crippen LogP contribution in [-0.2, 0) is 17.9 Å². The monoisotopic (exact) mass is 332 g/mol. The Balaban J connectivity index is 1.65. The second-order valence-corrected chi connectivity index (χ2v) is 6.57. The summed E-state index contributed by atoms with van der Waals surface area (Å²) >= 11 is 1.60. The molecule has 0 bridgehead atoms. The highest BCUT2D eigenvalue weighted by molar-refractivity contribution is 7.07. The zero-order valence-corrected chi connectivity index (χ0v) is 14.0. The number of aromatic nitrogens is 2. The van der Waals surface area contributed by atoms with Gasteiger partial charge in [0.15, 0.2) is 0 Å². The van der Waals surface area contributed by atoms with Crippen molar-refractivity contribution in [2.24, 2.45) is 0 Å². The van der Waals surface area contributed by atoms with E-state index in [1.807, 2.05) is 16.8 Å². The summed E-state index contributed by atoms with van der Waals surface area (Å²) in [5, 5.41) is 8.16. The Morgan fingerprint density at radius 1 is 1.39 bits per heavy atom. The summed E-state index contributed by atoms with van der Waals surface area (Å²) in [6, 6.07) is 3.56. The van der Waals surface area contributed by atoms with Crippen LogP contribution in [0.1, 0.15) is 18.4 Å². The number of carbonyl (C=O) groups is 1. The minimum absolute atomic E-state index is 0.0280. The summed E-state index contributed by atoms with van der Waals surface area (Å²) in [6.07, 6.45) is 3.97. The second-order valence-electron chi connectivity index (χ2n) is 5.79. The molecule has 1 amide bonds. The van der Waals surface area contributed by atoms with Crippen molar-refractivity contribution in [2.75, 3.05) is 25.0 Å². The van der Waals surface area contributed by atoms with E-state index in [1.54, 1.807) is 35.5 Å². The van der Waals surface area contributed by atoms with Crippen molar-refractivity contribution in [1.29, 1.82) is 0 Å². The topological polar surface area (TPSA) is 58.4 Å². The molecule has 0 saturated carbocycles. The van der Waals surface area contributed by atoms with Gasteiger partial charge in [-0.2, -0.15) is 16.4 Å². The van der Waals surface area contributed by atoms with E-state index in [9.17, 15) is 9.59 Å². The van der Waals surface area contributed by atoms with E-state index in [0.717, 1.165) is 37.2 Å². The number of carbonyl (C=O) groups excluding carboxylic acids is 1. The lowest BCUT2D eigenvalue weighted by Gasteiger charge is -2.18. The number of hydrogen-bond acceptors (Lipinski definition) is 5. The molecule has 3 heterocycles. The maximum Gasteiger partial charge on any atom is 0.269 e. The third-order valence-electron chi connectivity index (χ3n) is 4.04. The van der Waals surface area contributed by atoms with Crippen molar-refractivity contribution < 1.29 is 4.79 Å². The molecule has 1 saturated heterocycles. The van der Waals surface area contributed by atoms with Crippen molar-refractivity contribution in [3.63, 3.8) is 0 Å². The van der Waals surface area contributed by atoms with Gasteiger partial charge in [-0.3, -0.25) is 9.59 Å². The Morgan fingerprint density at radius 3 is 2.83 bits per heavy atom. The largest absolute Gasteiger partial charge is 0.370 e. The Kier molecular flexibility index (Phi) is 4.76. The smallest absolute Gasteiger partial charge is 0.269 e. The molecule has 122 valence electrons. The summed E-state index contributed by atoms with van der Waals surface area (Å²) in [6.45, 7) is 2.45. The van der Waals surface area contributed by atoms with Gasteiger partial charge in [-0.15, -0.1) is 0 Å². The standard InChI is InChI=1S/C16H20N4O2S/c1-18(10-13-4-7-23-12-13)16(22)11-20-15(21)8-14(9-17-20)19-5-2-3-6-19/h4,7-9,12H,2-3,5-6,10-11H2,1H3. The molecule has 3 rings (SSSR count). The number of nitrogens with zero attached hydrogens (tertiary/aromatic N) is 4. The highest BCUT2D eigenvalue weighted by Gasteiger charge is 2.15. The van der Waals surface area contributed by atoms with Crippen LogP contribution in [0.5, 0.6) is 0 Å². The van der Waals surface area contributed by atoms with Crippen molar-refractivity contribution in [3.05, 3.63) is 45.0 Å². The predicted molar refractivity (Wildman–Crippen MR) is 90.7 cm³/mol. The minimum Gasteiger partial charge on any atom is -0.370 e. The molecular weight excluding hydrogens is 312 g/mol. The van der Waals surface area contributed by atoms with Crippen LogP contribution in [0, 0.1) is 0 Å². The van der Waals surface area contributed by atoms with Gasteiger partial charge < -0.3 is 9.80 Å². The van der Waals surface area contributed by atoms with Gasteiger partial charge in [-0.25, -0.2) is 4.68 Å². The van der Waals surface area contributed by atoms with Crippen molar-refractivity contribution >= 4 is 22.9 Å². The van der Waals surface area contributed by atoms with E-state index in [2.05, 4.69) is 10.00 Å². The molecule has 1 fully saturated rings. The number of anilines is 1. The fourth-order valence-electron chi connectivity index (χ4n) is 2.68. The molecule has 23 heavy (non-hydrogen) atoms. The van der Waals surface area contributed by atoms with Gasteiger partial charge in [0.2, 0.25) is 5.91 Å². The number of amides is 1. The van der Waals surface area contributed by atoms with Gasteiger partial charge in [0, 0.05) is 32.7 Å². The lowest BCUT2D eigenvalue weighted by Crippen LogP contribution is -2.35. The first kappa shape index (κ1) is 15.7. The second kappa shape index (κ2) is 6.95. The van der Waals surface area contributed by atoms with Crippen molar-refractivity contribution in [3.8, 4) is 0 Å². The average molecular weight is 332 g/mol. The number of likely N-dealkylation sites (N-methyl/N-ethyl adjacent to an activating group) is 1. The van der Waals surface area contributed by atoms with E-state index >= 15 is 0 Å². The molecule has 0 N–H and O–H groups in total. The number of thiophene rings is 1. The first-order valence-electron chi connectivity index (χ1n) is 7.70. The highest BCUT2D eigenvalue weighted by Crippen LogP contribution is 2.16. The maximum atomic E-state index is 12.3. The van der Waals surface area contributed by atoms with Crippen LogP contribution in [0.3, 0.4) is 0 Å². The quantitative estimate of drug-likeness (QED) is 0.834. The van der Waals surface area contributed by atoms with Crippen LogP contribution >= 0.6 is 11.3 Å². The molecule has 0 aliphatic carbocycles. The molecule has 7 heteroatoms. The molecule has 2 aromatic heterocycles. The van der Waals surface area contributed by atoms with E-state index in [1.165, 1.54) is 4.68 Å². The van der Waals surface area contributed by atoms with Crippen LogP contribution < -0.4 is 10.5 Å². The molecule has 1 aliphatic rings. The molecule has 6 nitrogen and oxygen atoms in total. The highest BCUT2D eigenvalue weighted by atomic mass is 32.1. The normalized spacial score (nSPS) is 14.2. The SMILES string of the molecule is CN(Cc1ccsc1)C(=O)Cn1ncc(N2CCCC2)cc1=O. The van der Waals surface area contributed by atoms with Gasteiger partial charge in [-0.05, 0) is 35.2 Å². The van der Waals surface area contributed by atoms with Crippen LogP contribution in [0.4, 0.5) is 5.69 Å². The summed E-state index contributed by atoms with van der Waals surface area (Å²) < 4.78 is 1.23. The van der Waals surface area contributed by atoms with Gasteiger partial charge in [0.1, 0.15) is 6.54 Å². The molecule has 0 spiro atoms. The average Bonchev–Trinajstić information content (AvgIpc) is 3.22. The Bertz CT molecular complexity index is 720. The van der Waals surface area contributed by atoms with Crippen LogP contribution in [0.25, 0.3) is 0 Å². The van der Waals surface area contributed by atoms with Crippen LogP contribution in [0.15, 0.2) is 33.9 Å². The first-order valence-corrected chi connectivity index (χ1v) is 8.65. The molecule has 0 aromatic carbocycles. The zero-order valence-electron chi connectivity index (χ0n) is 13.1. The van der Waals surface area contributed by atoms with Crippen molar-refractivity contribution in [2.45, 2.75) is 25.9 Å². The van der Waals surface area contributed by atoms with Gasteiger partial charge in [0.25, 0.3) is 5.56 Å². The third-order valence-corrected chi connectivity index (χ3v) is 4.77. The molecule has 2 aromatic rings. The van der Waals surface area contributed by atoms with E-state index in [0.29, 0.717) is 6.54 Å². The Labute approximate surface area is 139 Å². The number of hydrogen-bond donors (Lipinski definition) is 0. The summed E-state index contributed by atoms with van der Waals surface area (Å²) in [4.78, 5) is 28.2. The predicted octanol–water partition coefficient (Wildman–Crippen LogP) is 1.56.